The number of ether oxygens (including phenoxy) is 2. The van der Waals surface area contributed by atoms with Crippen molar-refractivity contribution in [3.63, 3.8) is 0 Å². The van der Waals surface area contributed by atoms with Crippen LogP contribution >= 0.6 is 12.4 Å². The highest BCUT2D eigenvalue weighted by Gasteiger charge is 2.20. The van der Waals surface area contributed by atoms with E-state index in [-0.39, 0.29) is 12.4 Å². The Bertz CT molecular complexity index is 792. The molecule has 1 aliphatic rings. The lowest BCUT2D eigenvalue weighted by atomic mass is 9.93. The van der Waals surface area contributed by atoms with Crippen LogP contribution in [0.3, 0.4) is 0 Å². The first-order chi connectivity index (χ1) is 13.0. The van der Waals surface area contributed by atoms with Gasteiger partial charge in [-0.2, -0.15) is 0 Å². The predicted octanol–water partition coefficient (Wildman–Crippen LogP) is 4.63. The number of aryl methyl sites for hydroxylation is 2. The number of halogens is 1. The van der Waals surface area contributed by atoms with Crippen LogP contribution in [0.25, 0.3) is 0 Å². The lowest BCUT2D eigenvalue weighted by Gasteiger charge is -2.28. The van der Waals surface area contributed by atoms with Crippen LogP contribution < -0.4 is 9.47 Å². The van der Waals surface area contributed by atoms with Gasteiger partial charge < -0.3 is 14.6 Å². The van der Waals surface area contributed by atoms with E-state index in [1.165, 1.54) is 22.3 Å². The molecule has 2 aromatic carbocycles. The number of fused-ring (bicyclic) bond motifs is 2. The summed E-state index contributed by atoms with van der Waals surface area (Å²) in [5, 5.41) is 9.95. The molecule has 2 aromatic rings. The predicted molar refractivity (Wildman–Crippen MR) is 116 cm³/mol. The van der Waals surface area contributed by atoms with Crippen LogP contribution in [-0.2, 0) is 25.8 Å². The van der Waals surface area contributed by atoms with Gasteiger partial charge in [-0.15, -0.1) is 12.4 Å². The van der Waals surface area contributed by atoms with Crippen LogP contribution in [0.5, 0.6) is 17.2 Å². The maximum absolute atomic E-state index is 9.95. The van der Waals surface area contributed by atoms with E-state index in [1.807, 2.05) is 12.1 Å². The minimum Gasteiger partial charge on any atom is -0.508 e. The van der Waals surface area contributed by atoms with Gasteiger partial charge in [-0.05, 0) is 60.1 Å². The third-order valence-corrected chi connectivity index (χ3v) is 5.30. The molecule has 0 aromatic heterocycles. The van der Waals surface area contributed by atoms with Gasteiger partial charge in [0.1, 0.15) is 5.75 Å². The topological polar surface area (TPSA) is 41.9 Å². The molecule has 5 heteroatoms. The van der Waals surface area contributed by atoms with Crippen molar-refractivity contribution in [1.82, 2.24) is 4.90 Å². The maximum atomic E-state index is 9.95. The molecule has 3 rings (SSSR count). The molecule has 0 bridgehead atoms. The number of phenols is 1. The first kappa shape index (κ1) is 22.4. The Hall–Kier alpha value is -1.91. The molecule has 154 valence electrons. The molecule has 4 nitrogen and oxygen atoms in total. The van der Waals surface area contributed by atoms with Crippen molar-refractivity contribution >= 4 is 12.4 Å². The summed E-state index contributed by atoms with van der Waals surface area (Å²) in [5.41, 5.74) is 5.09. The van der Waals surface area contributed by atoms with Crippen LogP contribution in [0.1, 0.15) is 36.1 Å². The Balaban J connectivity index is 0.00000280. The van der Waals surface area contributed by atoms with Gasteiger partial charge in [0.2, 0.25) is 0 Å². The molecule has 0 saturated heterocycles. The SMILES string of the molecule is COc1ccc2c(c1OC)CN(CC(C)C)CCc1ccc(O)cc1CC2.Cl. The standard InChI is InChI=1S/C23H31NO3.ClH/c1-16(2)14-24-12-11-17-7-9-20(25)13-19(17)6-5-18-8-10-22(26-3)23(27-4)21(18)15-24;/h7-10,13,16,25H,5-6,11-12,14-15H2,1-4H3;1H. The summed E-state index contributed by atoms with van der Waals surface area (Å²) in [7, 11) is 3.41. The van der Waals surface area contributed by atoms with E-state index in [1.54, 1.807) is 20.3 Å². The van der Waals surface area contributed by atoms with E-state index < -0.39 is 0 Å². The van der Waals surface area contributed by atoms with Crippen LogP contribution in [0, 0.1) is 5.92 Å². The van der Waals surface area contributed by atoms with Crippen LogP contribution in [0.15, 0.2) is 30.3 Å². The fourth-order valence-corrected chi connectivity index (χ4v) is 4.05. The van der Waals surface area contributed by atoms with Crippen LogP contribution in [0.4, 0.5) is 0 Å². The lowest BCUT2D eigenvalue weighted by Crippen LogP contribution is -2.31. The van der Waals surface area contributed by atoms with Gasteiger partial charge in [-0.25, -0.2) is 0 Å². The van der Waals surface area contributed by atoms with Crippen LogP contribution in [0.2, 0.25) is 0 Å². The first-order valence-electron chi connectivity index (χ1n) is 9.77. The van der Waals surface area contributed by atoms with Gasteiger partial charge in [0.25, 0.3) is 0 Å². The minimum atomic E-state index is 0. The second-order valence-electron chi connectivity index (χ2n) is 7.77. The second-order valence-corrected chi connectivity index (χ2v) is 7.77. The molecule has 1 aliphatic heterocycles. The number of phenolic OH excluding ortho intramolecular Hbond substituents is 1. The average molecular weight is 406 g/mol. The quantitative estimate of drug-likeness (QED) is 0.805. The highest BCUT2D eigenvalue weighted by atomic mass is 35.5. The molecule has 0 amide bonds. The number of hydrogen-bond acceptors (Lipinski definition) is 4. The van der Waals surface area contributed by atoms with E-state index in [0.29, 0.717) is 11.7 Å². The van der Waals surface area contributed by atoms with Crippen LogP contribution in [-0.4, -0.2) is 37.3 Å². The van der Waals surface area contributed by atoms with Gasteiger partial charge in [-0.3, -0.25) is 4.90 Å². The number of aromatic hydroxyl groups is 1. The molecule has 0 spiro atoms. The van der Waals surface area contributed by atoms with Crippen molar-refractivity contribution in [1.29, 1.82) is 0 Å². The normalized spacial score (nSPS) is 14.6. The molecule has 0 radical (unpaired) electrons. The number of nitrogens with zero attached hydrogens (tertiary/aromatic N) is 1. The fourth-order valence-electron chi connectivity index (χ4n) is 4.05. The molecule has 0 unspecified atom stereocenters. The average Bonchev–Trinajstić information content (AvgIpc) is 2.64. The summed E-state index contributed by atoms with van der Waals surface area (Å²) < 4.78 is 11.3. The monoisotopic (exact) mass is 405 g/mol. The van der Waals surface area contributed by atoms with Gasteiger partial charge in [0.05, 0.1) is 14.2 Å². The zero-order valence-corrected chi connectivity index (χ0v) is 18.1. The highest BCUT2D eigenvalue weighted by molar-refractivity contribution is 5.85. The van der Waals surface area contributed by atoms with Gasteiger partial charge >= 0.3 is 0 Å². The van der Waals surface area contributed by atoms with Crippen molar-refractivity contribution in [2.45, 2.75) is 39.7 Å². The molecule has 0 saturated carbocycles. The third-order valence-electron chi connectivity index (χ3n) is 5.30. The Morgan fingerprint density at radius 2 is 1.68 bits per heavy atom. The molecule has 0 aliphatic carbocycles. The second kappa shape index (κ2) is 10.0. The zero-order chi connectivity index (χ0) is 19.4. The Morgan fingerprint density at radius 3 is 2.36 bits per heavy atom. The molecule has 0 fully saturated rings. The van der Waals surface area contributed by atoms with Gasteiger partial charge in [0.15, 0.2) is 11.5 Å². The number of benzene rings is 2. The molecule has 0 atom stereocenters. The summed E-state index contributed by atoms with van der Waals surface area (Å²) >= 11 is 0. The van der Waals surface area contributed by atoms with E-state index >= 15 is 0 Å². The van der Waals surface area contributed by atoms with E-state index in [0.717, 1.165) is 50.4 Å². The summed E-state index contributed by atoms with van der Waals surface area (Å²) in [6.07, 6.45) is 2.82. The molecule has 1 heterocycles. The summed E-state index contributed by atoms with van der Waals surface area (Å²) in [6.45, 7) is 7.40. The summed E-state index contributed by atoms with van der Waals surface area (Å²) in [6, 6.07) is 9.96. The summed E-state index contributed by atoms with van der Waals surface area (Å²) in [4.78, 5) is 2.51. The fraction of sp³-hybridized carbons (Fsp3) is 0.478. The Morgan fingerprint density at radius 1 is 0.964 bits per heavy atom. The van der Waals surface area contributed by atoms with Gasteiger partial charge in [-0.1, -0.05) is 26.0 Å². The molecular formula is C23H32ClNO3. The Kier molecular flexibility index (Phi) is 8.02. The van der Waals surface area contributed by atoms with Crippen molar-refractivity contribution in [3.05, 3.63) is 52.6 Å². The third kappa shape index (κ3) is 5.12. The highest BCUT2D eigenvalue weighted by Crippen LogP contribution is 2.36. The lowest BCUT2D eigenvalue weighted by molar-refractivity contribution is 0.233. The van der Waals surface area contributed by atoms with Crippen molar-refractivity contribution in [2.24, 2.45) is 5.92 Å². The number of hydrogen-bond donors (Lipinski definition) is 1. The smallest absolute Gasteiger partial charge is 0.165 e. The number of methoxy groups -OCH3 is 2. The molecule has 1 N–H and O–H groups in total. The minimum absolute atomic E-state index is 0. The van der Waals surface area contributed by atoms with Crippen molar-refractivity contribution < 1.29 is 14.6 Å². The largest absolute Gasteiger partial charge is 0.508 e. The van der Waals surface area contributed by atoms with Crippen molar-refractivity contribution in [3.8, 4) is 17.2 Å². The van der Waals surface area contributed by atoms with E-state index in [4.69, 9.17) is 9.47 Å². The summed E-state index contributed by atoms with van der Waals surface area (Å²) in [5.74, 6) is 2.57. The zero-order valence-electron chi connectivity index (χ0n) is 17.3. The van der Waals surface area contributed by atoms with Gasteiger partial charge in [0, 0.05) is 25.2 Å². The molecule has 28 heavy (non-hydrogen) atoms. The molecular weight excluding hydrogens is 374 g/mol. The number of rotatable bonds is 4. The Labute approximate surface area is 174 Å². The van der Waals surface area contributed by atoms with E-state index in [2.05, 4.69) is 30.9 Å². The maximum Gasteiger partial charge on any atom is 0.165 e. The first-order valence-corrected chi connectivity index (χ1v) is 9.77. The van der Waals surface area contributed by atoms with E-state index in [9.17, 15) is 5.11 Å². The van der Waals surface area contributed by atoms with Crippen molar-refractivity contribution in [2.75, 3.05) is 27.3 Å².